The molecule has 1 unspecified atom stereocenters. The lowest BCUT2D eigenvalue weighted by Gasteiger charge is -2.28. The van der Waals surface area contributed by atoms with Crippen LogP contribution in [0.1, 0.15) is 25.0 Å². The number of nitrogens with one attached hydrogen (secondary N) is 1. The van der Waals surface area contributed by atoms with Crippen molar-refractivity contribution in [3.05, 3.63) is 66.4 Å². The predicted octanol–water partition coefficient (Wildman–Crippen LogP) is 4.53. The molecule has 5 heteroatoms. The van der Waals surface area contributed by atoms with Gasteiger partial charge in [-0.05, 0) is 73.3 Å². The fourth-order valence-electron chi connectivity index (χ4n) is 4.30. The number of hydrogen-bond donors (Lipinski definition) is 1. The third-order valence-electron chi connectivity index (χ3n) is 5.65. The molecule has 0 bridgehead atoms. The molecule has 4 nitrogen and oxygen atoms in total. The van der Waals surface area contributed by atoms with Gasteiger partial charge in [0.25, 0.3) is 0 Å². The summed E-state index contributed by atoms with van der Waals surface area (Å²) in [6.45, 7) is 2.30. The van der Waals surface area contributed by atoms with E-state index in [1.807, 2.05) is 12.1 Å². The molecule has 0 spiro atoms. The number of hydrogen-bond acceptors (Lipinski definition) is 3. The highest BCUT2D eigenvalue weighted by Gasteiger charge is 2.29. The monoisotopic (exact) mass is 360 g/mol. The van der Waals surface area contributed by atoms with Gasteiger partial charge in [0, 0.05) is 36.1 Å². The Bertz CT molecular complexity index is 975. The van der Waals surface area contributed by atoms with Gasteiger partial charge in [-0.15, -0.1) is 0 Å². The number of pyridine rings is 1. The summed E-state index contributed by atoms with van der Waals surface area (Å²) in [4.78, 5) is 6.72. The van der Waals surface area contributed by atoms with Crippen LogP contribution in [0.15, 0.2) is 54.9 Å². The van der Waals surface area contributed by atoms with Crippen molar-refractivity contribution in [3.8, 4) is 22.4 Å². The summed E-state index contributed by atoms with van der Waals surface area (Å²) in [7, 11) is 0. The molecule has 136 valence electrons. The van der Waals surface area contributed by atoms with Crippen molar-refractivity contribution in [3.63, 3.8) is 0 Å². The molecular weight excluding hydrogens is 339 g/mol. The van der Waals surface area contributed by atoms with Crippen LogP contribution in [0.3, 0.4) is 0 Å². The van der Waals surface area contributed by atoms with Gasteiger partial charge in [-0.1, -0.05) is 6.08 Å². The van der Waals surface area contributed by atoms with Gasteiger partial charge in [-0.2, -0.15) is 5.10 Å². The van der Waals surface area contributed by atoms with Crippen molar-refractivity contribution < 1.29 is 4.39 Å². The normalized spacial score (nSPS) is 19.7. The van der Waals surface area contributed by atoms with Gasteiger partial charge in [-0.25, -0.2) is 4.39 Å². The maximum atomic E-state index is 13.4. The Balaban J connectivity index is 1.65. The molecule has 0 saturated carbocycles. The minimum absolute atomic E-state index is 0.240. The average Bonchev–Trinajstić information content (AvgIpc) is 3.35. The van der Waals surface area contributed by atoms with Crippen LogP contribution in [-0.2, 0) is 0 Å². The predicted molar refractivity (Wildman–Crippen MR) is 104 cm³/mol. The molecule has 1 saturated heterocycles. The lowest BCUT2D eigenvalue weighted by molar-refractivity contribution is 0.287. The van der Waals surface area contributed by atoms with Gasteiger partial charge in [0.05, 0.1) is 5.69 Å². The van der Waals surface area contributed by atoms with Crippen molar-refractivity contribution in [1.82, 2.24) is 20.1 Å². The minimum Gasteiger partial charge on any atom is -0.297 e. The lowest BCUT2D eigenvalue weighted by Crippen LogP contribution is -2.32. The maximum absolute atomic E-state index is 13.4. The Hall–Kier alpha value is -2.79. The first-order valence-corrected chi connectivity index (χ1v) is 9.49. The summed E-state index contributed by atoms with van der Waals surface area (Å²) >= 11 is 0. The second-order valence-corrected chi connectivity index (χ2v) is 7.25. The molecule has 1 fully saturated rings. The molecular formula is C22H21FN4. The molecule has 2 aromatic heterocycles. The molecule has 2 aliphatic heterocycles. The second kappa shape index (κ2) is 6.74. The van der Waals surface area contributed by atoms with Crippen molar-refractivity contribution in [2.45, 2.75) is 25.3 Å². The number of H-pyrrole nitrogens is 1. The van der Waals surface area contributed by atoms with Gasteiger partial charge in [0.1, 0.15) is 11.5 Å². The van der Waals surface area contributed by atoms with E-state index < -0.39 is 0 Å². The SMILES string of the molecule is Fc1ccc(-c2n[nH]c(C3=CC4CCCN4CC3)c2-c2ccncc2)cc1. The summed E-state index contributed by atoms with van der Waals surface area (Å²) in [5, 5.41) is 7.92. The number of aromatic nitrogens is 3. The van der Waals surface area contributed by atoms with E-state index >= 15 is 0 Å². The smallest absolute Gasteiger partial charge is 0.123 e. The Morgan fingerprint density at radius 2 is 1.81 bits per heavy atom. The molecule has 2 aliphatic rings. The highest BCUT2D eigenvalue weighted by molar-refractivity contribution is 5.89. The number of benzene rings is 1. The average molecular weight is 360 g/mol. The minimum atomic E-state index is -0.240. The molecule has 3 aromatic rings. The molecule has 0 aliphatic carbocycles. The Morgan fingerprint density at radius 3 is 2.63 bits per heavy atom. The number of nitrogens with zero attached hydrogens (tertiary/aromatic N) is 3. The first-order chi connectivity index (χ1) is 13.3. The summed E-state index contributed by atoms with van der Waals surface area (Å²) in [6, 6.07) is 11.1. The van der Waals surface area contributed by atoms with E-state index in [0.717, 1.165) is 41.0 Å². The second-order valence-electron chi connectivity index (χ2n) is 7.25. The van der Waals surface area contributed by atoms with Crippen LogP contribution in [0.2, 0.25) is 0 Å². The topological polar surface area (TPSA) is 44.8 Å². The van der Waals surface area contributed by atoms with Crippen LogP contribution < -0.4 is 0 Å². The number of halogens is 1. The molecule has 4 heterocycles. The van der Waals surface area contributed by atoms with E-state index in [4.69, 9.17) is 0 Å². The molecule has 0 radical (unpaired) electrons. The Morgan fingerprint density at radius 1 is 1.00 bits per heavy atom. The lowest BCUT2D eigenvalue weighted by atomic mass is 9.92. The fraction of sp³-hybridized carbons (Fsp3) is 0.273. The summed E-state index contributed by atoms with van der Waals surface area (Å²) in [6.07, 6.45) is 9.52. The van der Waals surface area contributed by atoms with Gasteiger partial charge < -0.3 is 0 Å². The molecule has 27 heavy (non-hydrogen) atoms. The standard InChI is InChI=1S/C22H21FN4/c23-18-5-3-16(4-6-18)21-20(15-7-10-24-11-8-15)22(26-25-21)17-9-13-27-12-1-2-19(27)14-17/h3-8,10-11,14,19H,1-2,9,12-13H2,(H,25,26). The van der Waals surface area contributed by atoms with Crippen molar-refractivity contribution >= 4 is 5.57 Å². The largest absolute Gasteiger partial charge is 0.297 e. The van der Waals surface area contributed by atoms with Crippen LogP contribution in [0.4, 0.5) is 4.39 Å². The van der Waals surface area contributed by atoms with Crippen molar-refractivity contribution in [1.29, 1.82) is 0 Å². The third kappa shape index (κ3) is 2.98. The highest BCUT2D eigenvalue weighted by atomic mass is 19.1. The molecule has 5 rings (SSSR count). The number of rotatable bonds is 3. The number of aromatic amines is 1. The van der Waals surface area contributed by atoms with E-state index in [0.29, 0.717) is 6.04 Å². The van der Waals surface area contributed by atoms with Crippen LogP contribution in [0, 0.1) is 5.82 Å². The highest BCUT2D eigenvalue weighted by Crippen LogP contribution is 2.39. The van der Waals surface area contributed by atoms with Gasteiger partial charge in [0.2, 0.25) is 0 Å². The fourth-order valence-corrected chi connectivity index (χ4v) is 4.30. The first kappa shape index (κ1) is 16.4. The molecule has 1 N–H and O–H groups in total. The Kier molecular flexibility index (Phi) is 4.09. The van der Waals surface area contributed by atoms with Crippen molar-refractivity contribution in [2.24, 2.45) is 0 Å². The summed E-state index contributed by atoms with van der Waals surface area (Å²) < 4.78 is 13.4. The van der Waals surface area contributed by atoms with E-state index in [-0.39, 0.29) is 5.82 Å². The van der Waals surface area contributed by atoms with Crippen LogP contribution in [-0.4, -0.2) is 39.2 Å². The van der Waals surface area contributed by atoms with Gasteiger partial charge >= 0.3 is 0 Å². The maximum Gasteiger partial charge on any atom is 0.123 e. The third-order valence-corrected chi connectivity index (χ3v) is 5.65. The van der Waals surface area contributed by atoms with E-state index in [9.17, 15) is 4.39 Å². The van der Waals surface area contributed by atoms with Gasteiger partial charge in [-0.3, -0.25) is 15.0 Å². The van der Waals surface area contributed by atoms with Crippen LogP contribution >= 0.6 is 0 Å². The summed E-state index contributed by atoms with van der Waals surface area (Å²) in [5.74, 6) is -0.240. The molecule has 1 aromatic carbocycles. The first-order valence-electron chi connectivity index (χ1n) is 9.49. The van der Waals surface area contributed by atoms with E-state index in [1.54, 1.807) is 24.5 Å². The van der Waals surface area contributed by atoms with Crippen molar-refractivity contribution in [2.75, 3.05) is 13.1 Å². The van der Waals surface area contributed by atoms with E-state index in [1.165, 1.54) is 37.1 Å². The molecule has 1 atom stereocenters. The van der Waals surface area contributed by atoms with Gasteiger partial charge in [0.15, 0.2) is 0 Å². The zero-order chi connectivity index (χ0) is 18.2. The summed E-state index contributed by atoms with van der Waals surface area (Å²) in [5.41, 5.74) is 6.30. The zero-order valence-electron chi connectivity index (χ0n) is 15.0. The van der Waals surface area contributed by atoms with Crippen LogP contribution in [0.5, 0.6) is 0 Å². The van der Waals surface area contributed by atoms with E-state index in [2.05, 4.69) is 26.2 Å². The quantitative estimate of drug-likeness (QED) is 0.746. The number of fused-ring (bicyclic) bond motifs is 1. The van der Waals surface area contributed by atoms with Crippen LogP contribution in [0.25, 0.3) is 28.0 Å². The Labute approximate surface area is 157 Å². The zero-order valence-corrected chi connectivity index (χ0v) is 15.0. The molecule has 0 amide bonds.